The summed E-state index contributed by atoms with van der Waals surface area (Å²) in [6, 6.07) is 14.9. The summed E-state index contributed by atoms with van der Waals surface area (Å²) in [6.45, 7) is 5.27. The second-order valence-corrected chi connectivity index (χ2v) is 11.0. The van der Waals surface area contributed by atoms with Gasteiger partial charge in [0.2, 0.25) is 0 Å². The number of hydrogen-bond acceptors (Lipinski definition) is 6. The molecule has 0 saturated heterocycles. The normalized spacial score (nSPS) is 15.1. The first-order valence-electron chi connectivity index (χ1n) is 13.7. The van der Waals surface area contributed by atoms with Gasteiger partial charge in [-0.25, -0.2) is 9.97 Å². The van der Waals surface area contributed by atoms with Crippen LogP contribution < -0.4 is 9.80 Å². The fourth-order valence-corrected chi connectivity index (χ4v) is 5.27. The van der Waals surface area contributed by atoms with E-state index in [9.17, 15) is 18.0 Å². The molecule has 0 amide bonds. The Morgan fingerprint density at radius 1 is 0.976 bits per heavy atom. The molecule has 9 heteroatoms. The minimum Gasteiger partial charge on any atom is -0.349 e. The number of Topliss-reactive ketones (excluding diaryl/α,β-unsaturated/α-hetero) is 1. The molecule has 0 N–H and O–H groups in total. The first-order chi connectivity index (χ1) is 19.6. The van der Waals surface area contributed by atoms with Crippen molar-refractivity contribution in [2.24, 2.45) is 0 Å². The summed E-state index contributed by atoms with van der Waals surface area (Å²) in [5, 5.41) is 0. The number of ketones is 1. The number of halogens is 3. The molecule has 0 bridgehead atoms. The van der Waals surface area contributed by atoms with Gasteiger partial charge in [-0.3, -0.25) is 9.78 Å². The molecule has 1 fully saturated rings. The highest BCUT2D eigenvalue weighted by atomic mass is 19.4. The van der Waals surface area contributed by atoms with Crippen LogP contribution in [0.25, 0.3) is 0 Å². The Labute approximate surface area is 236 Å². The molecule has 0 unspecified atom stereocenters. The van der Waals surface area contributed by atoms with Crippen molar-refractivity contribution in [1.29, 1.82) is 0 Å². The lowest BCUT2D eigenvalue weighted by Gasteiger charge is -2.39. The quantitative estimate of drug-likeness (QED) is 0.243. The fourth-order valence-electron chi connectivity index (χ4n) is 5.27. The summed E-state index contributed by atoms with van der Waals surface area (Å²) in [7, 11) is 0. The summed E-state index contributed by atoms with van der Waals surface area (Å²) in [4.78, 5) is 31.6. The molecule has 4 aromatic rings. The average Bonchev–Trinajstić information content (AvgIpc) is 3.80. The Bertz CT molecular complexity index is 1600. The zero-order valence-corrected chi connectivity index (χ0v) is 22.9. The number of fused-ring (bicyclic) bond motifs is 1. The zero-order chi connectivity index (χ0) is 28.7. The molecule has 2 aliphatic rings. The van der Waals surface area contributed by atoms with E-state index in [-0.39, 0.29) is 17.8 Å². The molecule has 0 atom stereocenters. The van der Waals surface area contributed by atoms with Crippen molar-refractivity contribution in [1.82, 2.24) is 15.0 Å². The molecule has 0 radical (unpaired) electrons. The number of carbonyl (C=O) groups is 1. The van der Waals surface area contributed by atoms with Crippen molar-refractivity contribution in [3.63, 3.8) is 0 Å². The second kappa shape index (κ2) is 10.6. The molecule has 1 aliphatic carbocycles. The SMILES string of the molecule is Cc1ccc(Cc2ncc3c(n2)N(C2CC2)CN(c2cc(CC(=O)c4cccc(C(F)(F)F)c4)ccc2C)C3)cn1. The van der Waals surface area contributed by atoms with Crippen LogP contribution in [0.2, 0.25) is 0 Å². The number of anilines is 2. The van der Waals surface area contributed by atoms with E-state index in [2.05, 4.69) is 25.8 Å². The van der Waals surface area contributed by atoms with Gasteiger partial charge >= 0.3 is 6.18 Å². The summed E-state index contributed by atoms with van der Waals surface area (Å²) >= 11 is 0. The van der Waals surface area contributed by atoms with Gasteiger partial charge in [0, 0.05) is 60.3 Å². The molecular weight excluding hydrogens is 527 g/mol. The van der Waals surface area contributed by atoms with Gasteiger partial charge < -0.3 is 9.80 Å². The lowest BCUT2D eigenvalue weighted by molar-refractivity contribution is -0.137. The lowest BCUT2D eigenvalue weighted by Crippen LogP contribution is -2.44. The number of hydrogen-bond donors (Lipinski definition) is 0. The van der Waals surface area contributed by atoms with Crippen LogP contribution >= 0.6 is 0 Å². The molecule has 0 spiro atoms. The van der Waals surface area contributed by atoms with E-state index in [4.69, 9.17) is 4.98 Å². The van der Waals surface area contributed by atoms with E-state index < -0.39 is 11.7 Å². The summed E-state index contributed by atoms with van der Waals surface area (Å²) < 4.78 is 39.5. The molecule has 6 rings (SSSR count). The largest absolute Gasteiger partial charge is 0.416 e. The third kappa shape index (κ3) is 5.94. The van der Waals surface area contributed by atoms with E-state index in [1.165, 1.54) is 12.1 Å². The number of aromatic nitrogens is 3. The van der Waals surface area contributed by atoms with Gasteiger partial charge in [0.1, 0.15) is 11.6 Å². The Morgan fingerprint density at radius 2 is 1.78 bits per heavy atom. The van der Waals surface area contributed by atoms with Gasteiger partial charge in [0.15, 0.2) is 5.78 Å². The van der Waals surface area contributed by atoms with Crippen LogP contribution in [0.3, 0.4) is 0 Å². The van der Waals surface area contributed by atoms with Crippen molar-refractivity contribution in [3.8, 4) is 0 Å². The average molecular weight is 558 g/mol. The van der Waals surface area contributed by atoms with Gasteiger partial charge in [0.25, 0.3) is 0 Å². The zero-order valence-electron chi connectivity index (χ0n) is 22.9. The Morgan fingerprint density at radius 3 is 2.51 bits per heavy atom. The van der Waals surface area contributed by atoms with Crippen LogP contribution in [0, 0.1) is 13.8 Å². The Hall–Kier alpha value is -4.27. The monoisotopic (exact) mass is 557 g/mol. The second-order valence-electron chi connectivity index (χ2n) is 11.0. The highest BCUT2D eigenvalue weighted by molar-refractivity contribution is 5.97. The van der Waals surface area contributed by atoms with Gasteiger partial charge in [-0.2, -0.15) is 13.2 Å². The standard InChI is InChI=1S/C32H30F3N5O/c1-20-6-8-22(13-29(41)24-4-3-5-26(15-24)32(33,34)35)12-28(20)39-18-25-17-37-30(14-23-9-7-21(2)36-16-23)38-31(25)40(19-39)27-10-11-27/h3-9,12,15-17,27H,10-11,13-14,18-19H2,1-2H3. The number of rotatable bonds is 7. The molecule has 3 heterocycles. The van der Waals surface area contributed by atoms with Crippen LogP contribution in [-0.2, 0) is 25.6 Å². The topological polar surface area (TPSA) is 62.2 Å². The van der Waals surface area contributed by atoms with Crippen molar-refractivity contribution in [3.05, 3.63) is 112 Å². The smallest absolute Gasteiger partial charge is 0.349 e. The third-order valence-electron chi connectivity index (χ3n) is 7.66. The number of benzene rings is 2. The summed E-state index contributed by atoms with van der Waals surface area (Å²) in [5.74, 6) is 1.39. The summed E-state index contributed by atoms with van der Waals surface area (Å²) in [6.07, 6.45) is 2.14. The molecular formula is C32H30F3N5O. The predicted octanol–water partition coefficient (Wildman–Crippen LogP) is 6.47. The van der Waals surface area contributed by atoms with E-state index in [0.29, 0.717) is 25.7 Å². The van der Waals surface area contributed by atoms with Crippen LogP contribution in [0.1, 0.15) is 62.5 Å². The van der Waals surface area contributed by atoms with Crippen LogP contribution in [0.15, 0.2) is 67.0 Å². The first kappa shape index (κ1) is 26.9. The predicted molar refractivity (Wildman–Crippen MR) is 151 cm³/mol. The maximum absolute atomic E-state index is 13.2. The third-order valence-corrected chi connectivity index (χ3v) is 7.66. The van der Waals surface area contributed by atoms with Crippen molar-refractivity contribution in [2.45, 2.75) is 58.3 Å². The number of pyridine rings is 1. The van der Waals surface area contributed by atoms with E-state index in [1.807, 2.05) is 50.5 Å². The summed E-state index contributed by atoms with van der Waals surface area (Å²) in [5.41, 5.74) is 5.13. The van der Waals surface area contributed by atoms with Crippen molar-refractivity contribution < 1.29 is 18.0 Å². The number of carbonyl (C=O) groups excluding carboxylic acids is 1. The Balaban J connectivity index is 1.23. The minimum absolute atomic E-state index is 0.0195. The molecule has 2 aromatic heterocycles. The van der Waals surface area contributed by atoms with E-state index in [0.717, 1.165) is 70.3 Å². The van der Waals surface area contributed by atoms with E-state index in [1.54, 1.807) is 0 Å². The number of aryl methyl sites for hydroxylation is 2. The van der Waals surface area contributed by atoms with Gasteiger partial charge in [0.05, 0.1) is 12.2 Å². The molecule has 41 heavy (non-hydrogen) atoms. The van der Waals surface area contributed by atoms with Crippen molar-refractivity contribution >= 4 is 17.3 Å². The maximum atomic E-state index is 13.2. The highest BCUT2D eigenvalue weighted by Crippen LogP contribution is 2.38. The van der Waals surface area contributed by atoms with E-state index >= 15 is 0 Å². The molecule has 6 nitrogen and oxygen atoms in total. The van der Waals surface area contributed by atoms with Crippen LogP contribution in [0.5, 0.6) is 0 Å². The first-order valence-corrected chi connectivity index (χ1v) is 13.7. The van der Waals surface area contributed by atoms with Crippen LogP contribution in [0.4, 0.5) is 24.7 Å². The molecule has 1 saturated carbocycles. The maximum Gasteiger partial charge on any atom is 0.416 e. The van der Waals surface area contributed by atoms with Gasteiger partial charge in [-0.1, -0.05) is 30.3 Å². The molecule has 2 aromatic carbocycles. The van der Waals surface area contributed by atoms with Crippen LogP contribution in [-0.4, -0.2) is 33.4 Å². The Kier molecular flexibility index (Phi) is 6.97. The lowest BCUT2D eigenvalue weighted by atomic mass is 9.99. The van der Waals surface area contributed by atoms with Gasteiger partial charge in [-0.15, -0.1) is 0 Å². The van der Waals surface area contributed by atoms with Crippen molar-refractivity contribution in [2.75, 3.05) is 16.5 Å². The minimum atomic E-state index is -4.49. The van der Waals surface area contributed by atoms with Gasteiger partial charge in [-0.05, 0) is 67.6 Å². The molecule has 210 valence electrons. The number of alkyl halides is 3. The fraction of sp³-hybridized carbons (Fsp3) is 0.312. The molecule has 1 aliphatic heterocycles. The number of nitrogens with zero attached hydrogens (tertiary/aromatic N) is 5. The highest BCUT2D eigenvalue weighted by Gasteiger charge is 2.36.